The number of nitrogens with zero attached hydrogens (tertiary/aromatic N) is 1. The fourth-order valence-electron chi connectivity index (χ4n) is 0.920. The Hall–Kier alpha value is -0.710. The maximum Gasteiger partial charge on any atom is 0.156 e. The molecule has 2 aromatic rings. The summed E-state index contributed by atoms with van der Waals surface area (Å²) < 4.78 is 0.949. The predicted molar refractivity (Wildman–Crippen MR) is 62.1 cm³/mol. The number of hydrogen-bond acceptors (Lipinski definition) is 4. The highest BCUT2D eigenvalue weighted by Crippen LogP contribution is 2.32. The Morgan fingerprint density at radius 3 is 2.57 bits per heavy atom. The zero-order valence-corrected chi connectivity index (χ0v) is 9.49. The van der Waals surface area contributed by atoms with Crippen LogP contribution in [0.4, 0.5) is 5.00 Å². The van der Waals surface area contributed by atoms with Gasteiger partial charge in [-0.25, -0.2) is 4.98 Å². The molecule has 1 aromatic heterocycles. The summed E-state index contributed by atoms with van der Waals surface area (Å²) in [7, 11) is 0. The van der Waals surface area contributed by atoms with Gasteiger partial charge in [0.15, 0.2) is 4.34 Å². The molecule has 0 atom stereocenters. The maximum absolute atomic E-state index is 5.78. The van der Waals surface area contributed by atoms with Crippen molar-refractivity contribution in [3.8, 4) is 0 Å². The van der Waals surface area contributed by atoms with E-state index in [9.17, 15) is 0 Å². The first-order chi connectivity index (χ1) is 6.74. The molecule has 0 aliphatic carbocycles. The minimum Gasteiger partial charge on any atom is -0.389 e. The van der Waals surface area contributed by atoms with Gasteiger partial charge < -0.3 is 5.73 Å². The number of hydrogen-bond donors (Lipinski definition) is 1. The van der Waals surface area contributed by atoms with Crippen molar-refractivity contribution in [1.29, 1.82) is 0 Å². The highest BCUT2D eigenvalue weighted by molar-refractivity contribution is 8.01. The van der Waals surface area contributed by atoms with Crippen molar-refractivity contribution in [3.63, 3.8) is 0 Å². The lowest BCUT2D eigenvalue weighted by Crippen LogP contribution is -1.73. The van der Waals surface area contributed by atoms with Crippen LogP contribution in [-0.2, 0) is 0 Å². The molecule has 0 spiro atoms. The topological polar surface area (TPSA) is 38.9 Å². The number of thiazole rings is 1. The quantitative estimate of drug-likeness (QED) is 0.876. The molecule has 0 radical (unpaired) electrons. The predicted octanol–water partition coefficient (Wildman–Crippen LogP) is 3.53. The first-order valence-electron chi connectivity index (χ1n) is 3.89. The standard InChI is InChI=1S/C9H7ClN2S2/c10-6-1-3-7(4-2-6)13-9-12-5-8(11)14-9/h1-5H,11H2. The molecule has 0 unspecified atom stereocenters. The summed E-state index contributed by atoms with van der Waals surface area (Å²) in [5.74, 6) is 0. The van der Waals surface area contributed by atoms with E-state index in [1.807, 2.05) is 24.3 Å². The van der Waals surface area contributed by atoms with Crippen LogP contribution in [0.1, 0.15) is 0 Å². The van der Waals surface area contributed by atoms with Gasteiger partial charge in [-0.15, -0.1) is 0 Å². The lowest BCUT2D eigenvalue weighted by molar-refractivity contribution is 1.25. The van der Waals surface area contributed by atoms with E-state index in [-0.39, 0.29) is 0 Å². The van der Waals surface area contributed by atoms with Crippen LogP contribution in [0.3, 0.4) is 0 Å². The largest absolute Gasteiger partial charge is 0.389 e. The number of halogens is 1. The smallest absolute Gasteiger partial charge is 0.156 e. The van der Waals surface area contributed by atoms with Gasteiger partial charge in [0.25, 0.3) is 0 Å². The first-order valence-corrected chi connectivity index (χ1v) is 5.90. The van der Waals surface area contributed by atoms with Crippen LogP contribution in [0, 0.1) is 0 Å². The van der Waals surface area contributed by atoms with Crippen LogP contribution in [0.2, 0.25) is 5.02 Å². The summed E-state index contributed by atoms with van der Waals surface area (Å²) in [6.45, 7) is 0. The van der Waals surface area contributed by atoms with Crippen LogP contribution in [-0.4, -0.2) is 4.98 Å². The van der Waals surface area contributed by atoms with E-state index in [0.717, 1.165) is 19.3 Å². The Morgan fingerprint density at radius 1 is 1.29 bits per heavy atom. The zero-order chi connectivity index (χ0) is 9.97. The normalized spacial score (nSPS) is 10.4. The van der Waals surface area contributed by atoms with Crippen molar-refractivity contribution in [2.75, 3.05) is 5.73 Å². The summed E-state index contributed by atoms with van der Waals surface area (Å²) in [4.78, 5) is 5.27. The van der Waals surface area contributed by atoms with E-state index in [4.69, 9.17) is 17.3 Å². The first kappa shape index (κ1) is 9.83. The lowest BCUT2D eigenvalue weighted by Gasteiger charge is -1.96. The summed E-state index contributed by atoms with van der Waals surface area (Å²) in [6.07, 6.45) is 1.67. The zero-order valence-electron chi connectivity index (χ0n) is 7.11. The van der Waals surface area contributed by atoms with Crippen LogP contribution in [0.25, 0.3) is 0 Å². The van der Waals surface area contributed by atoms with Gasteiger partial charge in [-0.1, -0.05) is 34.7 Å². The van der Waals surface area contributed by atoms with Crippen LogP contribution in [0.15, 0.2) is 39.7 Å². The Balaban J connectivity index is 2.15. The molecule has 0 aliphatic rings. The summed E-state index contributed by atoms with van der Waals surface area (Å²) in [5.41, 5.74) is 5.58. The molecular weight excluding hydrogens is 236 g/mol. The fraction of sp³-hybridized carbons (Fsp3) is 0. The van der Waals surface area contributed by atoms with E-state index >= 15 is 0 Å². The molecule has 14 heavy (non-hydrogen) atoms. The minimum absolute atomic E-state index is 0.737. The molecule has 1 heterocycles. The van der Waals surface area contributed by atoms with Crippen LogP contribution >= 0.6 is 34.7 Å². The SMILES string of the molecule is Nc1cnc(Sc2ccc(Cl)cc2)s1. The lowest BCUT2D eigenvalue weighted by atomic mass is 10.4. The van der Waals surface area contributed by atoms with Crippen molar-refractivity contribution in [3.05, 3.63) is 35.5 Å². The summed E-state index contributed by atoms with van der Waals surface area (Å²) in [5, 5.41) is 1.48. The molecule has 0 amide bonds. The molecule has 0 fully saturated rings. The highest BCUT2D eigenvalue weighted by Gasteiger charge is 2.01. The third-order valence-corrected chi connectivity index (χ3v) is 3.68. The molecule has 0 aliphatic heterocycles. The molecule has 2 nitrogen and oxygen atoms in total. The molecule has 2 N–H and O–H groups in total. The van der Waals surface area contributed by atoms with Gasteiger partial charge in [0.05, 0.1) is 6.20 Å². The number of anilines is 1. The molecule has 5 heteroatoms. The second kappa shape index (κ2) is 4.21. The van der Waals surface area contributed by atoms with E-state index in [2.05, 4.69) is 4.98 Å². The van der Waals surface area contributed by atoms with Gasteiger partial charge >= 0.3 is 0 Å². The van der Waals surface area contributed by atoms with Gasteiger partial charge in [-0.3, -0.25) is 0 Å². The molecular formula is C9H7ClN2S2. The second-order valence-corrected chi connectivity index (χ2v) is 5.40. The van der Waals surface area contributed by atoms with Crippen molar-refractivity contribution in [2.45, 2.75) is 9.24 Å². The van der Waals surface area contributed by atoms with Gasteiger partial charge in [0, 0.05) is 9.92 Å². The second-order valence-electron chi connectivity index (χ2n) is 2.58. The number of rotatable bonds is 2. The molecule has 72 valence electrons. The van der Waals surface area contributed by atoms with E-state index in [1.54, 1.807) is 18.0 Å². The van der Waals surface area contributed by atoms with E-state index < -0.39 is 0 Å². The highest BCUT2D eigenvalue weighted by atomic mass is 35.5. The number of nitrogens with two attached hydrogens (primary N) is 1. The maximum atomic E-state index is 5.78. The van der Waals surface area contributed by atoms with Gasteiger partial charge in [-0.2, -0.15) is 0 Å². The fourth-order valence-corrected chi connectivity index (χ4v) is 2.78. The Morgan fingerprint density at radius 2 is 2.00 bits per heavy atom. The molecule has 0 saturated heterocycles. The average Bonchev–Trinajstić information content (AvgIpc) is 2.56. The summed E-state index contributed by atoms with van der Waals surface area (Å²) >= 11 is 8.85. The van der Waals surface area contributed by atoms with Gasteiger partial charge in [0.1, 0.15) is 5.00 Å². The molecule has 0 saturated carbocycles. The van der Waals surface area contributed by atoms with Crippen LogP contribution in [0.5, 0.6) is 0 Å². The molecule has 1 aromatic carbocycles. The Bertz CT molecular complexity index is 425. The van der Waals surface area contributed by atoms with E-state index in [1.165, 1.54) is 11.3 Å². The Kier molecular flexibility index (Phi) is 2.96. The summed E-state index contributed by atoms with van der Waals surface area (Å²) in [6, 6.07) is 7.65. The monoisotopic (exact) mass is 242 g/mol. The van der Waals surface area contributed by atoms with Crippen molar-refractivity contribution in [1.82, 2.24) is 4.98 Å². The third kappa shape index (κ3) is 2.41. The Labute approximate surface area is 95.1 Å². The van der Waals surface area contributed by atoms with Crippen LogP contribution < -0.4 is 5.73 Å². The number of aromatic nitrogens is 1. The van der Waals surface area contributed by atoms with E-state index in [0.29, 0.717) is 0 Å². The van der Waals surface area contributed by atoms with Crippen molar-refractivity contribution in [2.24, 2.45) is 0 Å². The number of nitrogen functional groups attached to an aromatic ring is 1. The van der Waals surface area contributed by atoms with Gasteiger partial charge in [0.2, 0.25) is 0 Å². The number of benzene rings is 1. The minimum atomic E-state index is 0.737. The van der Waals surface area contributed by atoms with Crippen molar-refractivity contribution < 1.29 is 0 Å². The average molecular weight is 243 g/mol. The molecule has 0 bridgehead atoms. The third-order valence-electron chi connectivity index (χ3n) is 1.52. The van der Waals surface area contributed by atoms with Crippen molar-refractivity contribution >= 4 is 39.7 Å². The molecule has 2 rings (SSSR count). The van der Waals surface area contributed by atoms with Gasteiger partial charge in [-0.05, 0) is 24.3 Å².